The standard InChI is InChI=1S/C20H14ClN5O3S/c1-26(18(28)12-5-7-13(21)8-6-12)20-23-10-16(29-20)17(27)25-19-24-15(11-30-19)14-4-2-3-9-22-14/h2-11H,1H3,(H,24,25,27). The first kappa shape index (κ1) is 19.7. The monoisotopic (exact) mass is 439 g/mol. The fourth-order valence-electron chi connectivity index (χ4n) is 2.52. The molecular weight excluding hydrogens is 426 g/mol. The number of pyridine rings is 1. The number of aromatic nitrogens is 3. The number of nitrogens with zero attached hydrogens (tertiary/aromatic N) is 4. The zero-order chi connectivity index (χ0) is 21.1. The number of benzene rings is 1. The van der Waals surface area contributed by atoms with E-state index in [1.807, 2.05) is 18.2 Å². The molecule has 0 bridgehead atoms. The maximum absolute atomic E-state index is 12.5. The van der Waals surface area contributed by atoms with Crippen molar-refractivity contribution in [3.8, 4) is 11.4 Å². The van der Waals surface area contributed by atoms with Crippen LogP contribution in [0.3, 0.4) is 0 Å². The van der Waals surface area contributed by atoms with Gasteiger partial charge in [-0.2, -0.15) is 0 Å². The van der Waals surface area contributed by atoms with E-state index in [9.17, 15) is 9.59 Å². The summed E-state index contributed by atoms with van der Waals surface area (Å²) in [6.07, 6.45) is 2.92. The van der Waals surface area contributed by atoms with Gasteiger partial charge in [-0.1, -0.05) is 17.7 Å². The summed E-state index contributed by atoms with van der Waals surface area (Å²) in [5.74, 6) is -0.918. The molecule has 0 saturated carbocycles. The van der Waals surface area contributed by atoms with Crippen molar-refractivity contribution in [1.82, 2.24) is 15.0 Å². The molecule has 0 aliphatic carbocycles. The number of anilines is 2. The van der Waals surface area contributed by atoms with Gasteiger partial charge in [-0.15, -0.1) is 11.3 Å². The molecule has 0 fully saturated rings. The van der Waals surface area contributed by atoms with Gasteiger partial charge < -0.3 is 4.42 Å². The summed E-state index contributed by atoms with van der Waals surface area (Å²) in [4.78, 5) is 38.8. The minimum Gasteiger partial charge on any atom is -0.418 e. The first-order valence-corrected chi connectivity index (χ1v) is 9.95. The molecule has 0 atom stereocenters. The fraction of sp³-hybridized carbons (Fsp3) is 0.0500. The molecule has 3 aromatic heterocycles. The van der Waals surface area contributed by atoms with Gasteiger partial charge in [0.2, 0.25) is 5.76 Å². The van der Waals surface area contributed by atoms with Gasteiger partial charge in [-0.3, -0.25) is 24.8 Å². The van der Waals surface area contributed by atoms with E-state index in [0.29, 0.717) is 27.1 Å². The zero-order valence-electron chi connectivity index (χ0n) is 15.6. The second kappa shape index (κ2) is 8.44. The summed E-state index contributed by atoms with van der Waals surface area (Å²) in [6.45, 7) is 0. The molecule has 2 amide bonds. The van der Waals surface area contributed by atoms with E-state index in [2.05, 4.69) is 20.3 Å². The molecule has 0 unspecified atom stereocenters. The van der Waals surface area contributed by atoms with Crippen molar-refractivity contribution in [2.75, 3.05) is 17.3 Å². The molecule has 1 N–H and O–H groups in total. The summed E-state index contributed by atoms with van der Waals surface area (Å²) >= 11 is 7.11. The number of hydrogen-bond acceptors (Lipinski definition) is 7. The molecule has 10 heteroatoms. The van der Waals surface area contributed by atoms with Crippen LogP contribution in [0.1, 0.15) is 20.9 Å². The second-order valence-corrected chi connectivity index (χ2v) is 7.38. The van der Waals surface area contributed by atoms with Crippen molar-refractivity contribution < 1.29 is 14.0 Å². The van der Waals surface area contributed by atoms with Crippen molar-refractivity contribution in [1.29, 1.82) is 0 Å². The smallest absolute Gasteiger partial charge is 0.304 e. The van der Waals surface area contributed by atoms with Crippen LogP contribution in [0, 0.1) is 0 Å². The maximum atomic E-state index is 12.5. The Kier molecular flexibility index (Phi) is 5.55. The van der Waals surface area contributed by atoms with E-state index in [1.54, 1.807) is 35.8 Å². The normalized spacial score (nSPS) is 10.6. The average Bonchev–Trinajstić information content (AvgIpc) is 3.44. The van der Waals surface area contributed by atoms with Crippen molar-refractivity contribution in [2.24, 2.45) is 0 Å². The maximum Gasteiger partial charge on any atom is 0.304 e. The number of amides is 2. The van der Waals surface area contributed by atoms with Crippen LogP contribution in [0.2, 0.25) is 5.02 Å². The topological polar surface area (TPSA) is 101 Å². The van der Waals surface area contributed by atoms with Crippen LogP contribution in [0.25, 0.3) is 11.4 Å². The SMILES string of the molecule is CN(C(=O)c1ccc(Cl)cc1)c1ncc(C(=O)Nc2nc(-c3ccccn3)cs2)o1. The van der Waals surface area contributed by atoms with Gasteiger partial charge in [0.15, 0.2) is 5.13 Å². The highest BCUT2D eigenvalue weighted by molar-refractivity contribution is 7.14. The highest BCUT2D eigenvalue weighted by Gasteiger charge is 2.21. The lowest BCUT2D eigenvalue weighted by Gasteiger charge is -2.12. The molecular formula is C20H14ClN5O3S. The Balaban J connectivity index is 1.44. The molecule has 150 valence electrons. The van der Waals surface area contributed by atoms with Gasteiger partial charge in [0.05, 0.1) is 11.9 Å². The van der Waals surface area contributed by atoms with Crippen LogP contribution >= 0.6 is 22.9 Å². The Bertz CT molecular complexity index is 1190. The minimum absolute atomic E-state index is 0.00610. The molecule has 3 heterocycles. The number of rotatable bonds is 5. The molecule has 30 heavy (non-hydrogen) atoms. The minimum atomic E-state index is -0.525. The van der Waals surface area contributed by atoms with Gasteiger partial charge in [0.25, 0.3) is 11.8 Å². The lowest BCUT2D eigenvalue weighted by molar-refractivity contribution is 0.0972. The van der Waals surface area contributed by atoms with E-state index in [0.717, 1.165) is 0 Å². The Morgan fingerprint density at radius 3 is 2.63 bits per heavy atom. The third-order valence-electron chi connectivity index (χ3n) is 4.05. The number of nitrogens with one attached hydrogen (secondary N) is 1. The molecule has 1 aromatic carbocycles. The quantitative estimate of drug-likeness (QED) is 0.495. The third-order valence-corrected chi connectivity index (χ3v) is 5.06. The molecule has 8 nitrogen and oxygen atoms in total. The number of oxazole rings is 1. The molecule has 4 aromatic rings. The van der Waals surface area contributed by atoms with Crippen LogP contribution < -0.4 is 10.2 Å². The first-order chi connectivity index (χ1) is 14.5. The predicted molar refractivity (Wildman–Crippen MR) is 114 cm³/mol. The Hall–Kier alpha value is -3.56. The number of thiazole rings is 1. The van der Waals surface area contributed by atoms with Crippen LogP contribution in [0.4, 0.5) is 11.1 Å². The fourth-order valence-corrected chi connectivity index (χ4v) is 3.35. The summed E-state index contributed by atoms with van der Waals surface area (Å²) < 4.78 is 5.46. The summed E-state index contributed by atoms with van der Waals surface area (Å²) in [5, 5.41) is 5.37. The van der Waals surface area contributed by atoms with Crippen molar-refractivity contribution in [2.45, 2.75) is 0 Å². The Morgan fingerprint density at radius 2 is 1.90 bits per heavy atom. The molecule has 0 spiro atoms. The first-order valence-electron chi connectivity index (χ1n) is 8.69. The van der Waals surface area contributed by atoms with E-state index in [1.165, 1.54) is 29.5 Å². The molecule has 0 aliphatic heterocycles. The summed E-state index contributed by atoms with van der Waals surface area (Å²) in [6, 6.07) is 11.9. The molecule has 0 aliphatic rings. The van der Waals surface area contributed by atoms with Crippen LogP contribution in [-0.4, -0.2) is 33.8 Å². The van der Waals surface area contributed by atoms with Crippen LogP contribution in [0.15, 0.2) is 64.7 Å². The largest absolute Gasteiger partial charge is 0.418 e. The molecule has 0 saturated heterocycles. The average molecular weight is 440 g/mol. The highest BCUT2D eigenvalue weighted by Crippen LogP contribution is 2.24. The van der Waals surface area contributed by atoms with E-state index in [-0.39, 0.29) is 17.7 Å². The Labute approximate surface area is 180 Å². The molecule has 0 radical (unpaired) electrons. The second-order valence-electron chi connectivity index (χ2n) is 6.09. The van der Waals surface area contributed by atoms with Crippen molar-refractivity contribution in [3.05, 3.63) is 76.6 Å². The zero-order valence-corrected chi connectivity index (χ0v) is 17.1. The van der Waals surface area contributed by atoms with E-state index in [4.69, 9.17) is 16.0 Å². The van der Waals surface area contributed by atoms with Crippen LogP contribution in [0.5, 0.6) is 0 Å². The number of halogens is 1. The third kappa shape index (κ3) is 4.22. The van der Waals surface area contributed by atoms with Crippen molar-refractivity contribution in [3.63, 3.8) is 0 Å². The Morgan fingerprint density at radius 1 is 1.10 bits per heavy atom. The predicted octanol–water partition coefficient (Wildman–Crippen LogP) is 4.38. The number of carbonyl (C=O) groups excluding carboxylic acids is 2. The van der Waals surface area contributed by atoms with Gasteiger partial charge in [0, 0.05) is 29.2 Å². The lowest BCUT2D eigenvalue weighted by Crippen LogP contribution is -2.26. The van der Waals surface area contributed by atoms with Gasteiger partial charge in [-0.25, -0.2) is 9.97 Å². The van der Waals surface area contributed by atoms with Gasteiger partial charge in [-0.05, 0) is 36.4 Å². The summed E-state index contributed by atoms with van der Waals surface area (Å²) in [7, 11) is 1.50. The number of carbonyl (C=O) groups is 2. The van der Waals surface area contributed by atoms with Crippen molar-refractivity contribution >= 4 is 45.9 Å². The number of hydrogen-bond donors (Lipinski definition) is 1. The van der Waals surface area contributed by atoms with Gasteiger partial charge >= 0.3 is 6.01 Å². The highest BCUT2D eigenvalue weighted by atomic mass is 35.5. The van der Waals surface area contributed by atoms with E-state index >= 15 is 0 Å². The van der Waals surface area contributed by atoms with Crippen LogP contribution in [-0.2, 0) is 0 Å². The molecule has 4 rings (SSSR count). The van der Waals surface area contributed by atoms with E-state index < -0.39 is 5.91 Å². The summed E-state index contributed by atoms with van der Waals surface area (Å²) in [5.41, 5.74) is 1.77. The lowest BCUT2D eigenvalue weighted by atomic mass is 10.2. The van der Waals surface area contributed by atoms with Gasteiger partial charge in [0.1, 0.15) is 5.69 Å².